The number of hydrogen-bond acceptors (Lipinski definition) is 4. The third kappa shape index (κ3) is 4.63. The Balaban J connectivity index is 2.09. The summed E-state index contributed by atoms with van der Waals surface area (Å²) >= 11 is 5.98. The number of aromatic nitrogens is 1. The molecule has 1 heterocycles. The first-order chi connectivity index (χ1) is 15.3. The van der Waals surface area contributed by atoms with E-state index in [1.54, 1.807) is 53.8 Å². The van der Waals surface area contributed by atoms with Gasteiger partial charge in [-0.2, -0.15) is 5.26 Å². The first-order valence-electron chi connectivity index (χ1n) is 10.5. The third-order valence-corrected chi connectivity index (χ3v) is 5.87. The quantitative estimate of drug-likeness (QED) is 0.514. The summed E-state index contributed by atoms with van der Waals surface area (Å²) in [6.45, 7) is 6.41. The first-order valence-corrected chi connectivity index (χ1v) is 10.8. The number of likely N-dealkylation sites (N-methyl/N-ethyl adjacent to an activating group) is 1. The van der Waals surface area contributed by atoms with Crippen LogP contribution in [0.5, 0.6) is 5.75 Å². The summed E-state index contributed by atoms with van der Waals surface area (Å²) in [4.78, 5) is 28.2. The largest absolute Gasteiger partial charge is 0.497 e. The number of carbonyl (C=O) groups excluding carboxylic acids is 2. The summed E-state index contributed by atoms with van der Waals surface area (Å²) in [5.41, 5.74) is 2.68. The van der Waals surface area contributed by atoms with Crippen LogP contribution in [0.2, 0.25) is 5.02 Å². The fourth-order valence-electron chi connectivity index (χ4n) is 3.84. The molecule has 1 unspecified atom stereocenters. The number of carbonyl (C=O) groups is 2. The molecule has 6 nitrogen and oxygen atoms in total. The van der Waals surface area contributed by atoms with Gasteiger partial charge >= 0.3 is 0 Å². The van der Waals surface area contributed by atoms with Gasteiger partial charge in [0.2, 0.25) is 5.91 Å². The number of amides is 1. The maximum atomic E-state index is 13.4. The van der Waals surface area contributed by atoms with Crippen molar-refractivity contribution in [2.45, 2.75) is 27.2 Å². The first kappa shape index (κ1) is 23.4. The molecule has 0 radical (unpaired) electrons. The lowest BCUT2D eigenvalue weighted by Crippen LogP contribution is -2.35. The molecule has 0 aliphatic rings. The SMILES string of the molecule is CCN(CC(C)C#N)C(=O)Cc1c(C)n(C(=O)c2ccc(Cl)cc2)c2ccc(OC)cc12. The fraction of sp³-hybridized carbons (Fsp3) is 0.320. The molecule has 0 saturated heterocycles. The van der Waals surface area contributed by atoms with Gasteiger partial charge in [-0.3, -0.25) is 14.2 Å². The van der Waals surface area contributed by atoms with Crippen molar-refractivity contribution in [2.75, 3.05) is 20.2 Å². The van der Waals surface area contributed by atoms with E-state index in [1.807, 2.05) is 26.0 Å². The average Bonchev–Trinajstić information content (AvgIpc) is 3.07. The molecule has 3 aromatic rings. The minimum Gasteiger partial charge on any atom is -0.497 e. The van der Waals surface area contributed by atoms with Crippen molar-refractivity contribution in [1.82, 2.24) is 9.47 Å². The number of rotatable bonds is 7. The van der Waals surface area contributed by atoms with E-state index >= 15 is 0 Å². The molecule has 3 rings (SSSR count). The van der Waals surface area contributed by atoms with Crippen molar-refractivity contribution >= 4 is 34.3 Å². The fourth-order valence-corrected chi connectivity index (χ4v) is 3.96. The third-order valence-electron chi connectivity index (χ3n) is 5.61. The summed E-state index contributed by atoms with van der Waals surface area (Å²) in [5, 5.41) is 10.5. The normalized spacial score (nSPS) is 11.8. The van der Waals surface area contributed by atoms with Crippen LogP contribution in [0.3, 0.4) is 0 Å². The molecule has 1 atom stereocenters. The number of methoxy groups -OCH3 is 1. The van der Waals surface area contributed by atoms with Crippen LogP contribution < -0.4 is 4.74 Å². The van der Waals surface area contributed by atoms with E-state index in [1.165, 1.54) is 0 Å². The Bertz CT molecular complexity index is 1190. The number of nitrogens with zero attached hydrogens (tertiary/aromatic N) is 3. The Morgan fingerprint density at radius 2 is 1.91 bits per heavy atom. The van der Waals surface area contributed by atoms with E-state index in [0.717, 1.165) is 10.9 Å². The lowest BCUT2D eigenvalue weighted by molar-refractivity contribution is -0.130. The van der Waals surface area contributed by atoms with Crippen LogP contribution in [-0.2, 0) is 11.2 Å². The second-order valence-electron chi connectivity index (χ2n) is 7.73. The van der Waals surface area contributed by atoms with Crippen molar-refractivity contribution in [2.24, 2.45) is 5.92 Å². The van der Waals surface area contributed by atoms with E-state index in [4.69, 9.17) is 21.6 Å². The number of benzene rings is 2. The van der Waals surface area contributed by atoms with Gasteiger partial charge in [-0.1, -0.05) is 11.6 Å². The summed E-state index contributed by atoms with van der Waals surface area (Å²) < 4.78 is 7.02. The number of fused-ring (bicyclic) bond motifs is 1. The predicted octanol–water partition coefficient (Wildman–Crippen LogP) is 4.85. The Hall–Kier alpha value is -3.30. The Kier molecular flexibility index (Phi) is 7.22. The summed E-state index contributed by atoms with van der Waals surface area (Å²) in [5.74, 6) is 0.109. The van der Waals surface area contributed by atoms with Crippen molar-refractivity contribution < 1.29 is 14.3 Å². The molecule has 7 heteroatoms. The monoisotopic (exact) mass is 451 g/mol. The van der Waals surface area contributed by atoms with Gasteiger partial charge in [-0.15, -0.1) is 0 Å². The van der Waals surface area contributed by atoms with E-state index < -0.39 is 0 Å². The van der Waals surface area contributed by atoms with Gasteiger partial charge in [0.1, 0.15) is 5.75 Å². The number of hydrogen-bond donors (Lipinski definition) is 0. The molecule has 1 aromatic heterocycles. The van der Waals surface area contributed by atoms with Crippen LogP contribution in [0.4, 0.5) is 0 Å². The number of halogens is 1. The van der Waals surface area contributed by atoms with E-state index in [-0.39, 0.29) is 24.2 Å². The lowest BCUT2D eigenvalue weighted by atomic mass is 10.1. The van der Waals surface area contributed by atoms with Crippen LogP contribution >= 0.6 is 11.6 Å². The molecule has 0 aliphatic carbocycles. The predicted molar refractivity (Wildman–Crippen MR) is 125 cm³/mol. The molecular weight excluding hydrogens is 426 g/mol. The van der Waals surface area contributed by atoms with E-state index in [2.05, 4.69) is 6.07 Å². The maximum Gasteiger partial charge on any atom is 0.262 e. The molecule has 0 aliphatic heterocycles. The second kappa shape index (κ2) is 9.88. The Morgan fingerprint density at radius 3 is 2.50 bits per heavy atom. The van der Waals surface area contributed by atoms with Crippen molar-refractivity contribution in [3.8, 4) is 11.8 Å². The summed E-state index contributed by atoms with van der Waals surface area (Å²) in [7, 11) is 1.58. The van der Waals surface area contributed by atoms with Gasteiger partial charge < -0.3 is 9.64 Å². The molecule has 0 bridgehead atoms. The molecule has 32 heavy (non-hydrogen) atoms. The van der Waals surface area contributed by atoms with Gasteiger partial charge in [0.05, 0.1) is 31.0 Å². The zero-order chi connectivity index (χ0) is 23.4. The van der Waals surface area contributed by atoms with Gasteiger partial charge in [-0.25, -0.2) is 0 Å². The highest BCUT2D eigenvalue weighted by molar-refractivity contribution is 6.30. The Morgan fingerprint density at radius 1 is 1.22 bits per heavy atom. The van der Waals surface area contributed by atoms with Crippen molar-refractivity contribution in [1.29, 1.82) is 5.26 Å². The zero-order valence-electron chi connectivity index (χ0n) is 18.7. The van der Waals surface area contributed by atoms with Gasteiger partial charge in [-0.05, 0) is 68.8 Å². The highest BCUT2D eigenvalue weighted by Crippen LogP contribution is 2.31. The Labute approximate surface area is 192 Å². The molecule has 166 valence electrons. The highest BCUT2D eigenvalue weighted by Gasteiger charge is 2.24. The maximum absolute atomic E-state index is 13.4. The molecule has 0 fully saturated rings. The average molecular weight is 452 g/mol. The minimum atomic E-state index is -0.257. The standard InChI is InChI=1S/C25H26ClN3O3/c1-5-28(15-16(2)14-27)24(30)13-21-17(3)29(23-11-10-20(32-4)12-22(21)23)25(31)18-6-8-19(26)9-7-18/h6-12,16H,5,13,15H2,1-4H3. The molecule has 0 saturated carbocycles. The molecule has 1 amide bonds. The van der Waals surface area contributed by atoms with Gasteiger partial charge in [0.25, 0.3) is 5.91 Å². The zero-order valence-corrected chi connectivity index (χ0v) is 19.4. The topological polar surface area (TPSA) is 75.3 Å². The van der Waals surface area contributed by atoms with Gasteiger partial charge in [0.15, 0.2) is 0 Å². The van der Waals surface area contributed by atoms with Crippen molar-refractivity contribution in [3.05, 3.63) is 64.3 Å². The highest BCUT2D eigenvalue weighted by atomic mass is 35.5. The van der Waals surface area contributed by atoms with Crippen LogP contribution in [0.1, 0.15) is 35.5 Å². The van der Waals surface area contributed by atoms with E-state index in [9.17, 15) is 9.59 Å². The second-order valence-corrected chi connectivity index (χ2v) is 8.17. The number of nitriles is 1. The van der Waals surface area contributed by atoms with Crippen molar-refractivity contribution in [3.63, 3.8) is 0 Å². The summed E-state index contributed by atoms with van der Waals surface area (Å²) in [6.07, 6.45) is 0.127. The minimum absolute atomic E-state index is 0.0847. The van der Waals surface area contributed by atoms with Crippen LogP contribution in [0, 0.1) is 24.2 Å². The smallest absolute Gasteiger partial charge is 0.262 e. The number of ether oxygens (including phenoxy) is 1. The molecule has 2 aromatic carbocycles. The summed E-state index contributed by atoms with van der Waals surface area (Å²) in [6, 6.07) is 14.4. The van der Waals surface area contributed by atoms with E-state index in [0.29, 0.717) is 40.6 Å². The molecular formula is C25H26ClN3O3. The molecule has 0 N–H and O–H groups in total. The van der Waals surface area contributed by atoms with Gasteiger partial charge in [0, 0.05) is 34.8 Å². The van der Waals surface area contributed by atoms with Crippen LogP contribution in [0.15, 0.2) is 42.5 Å². The molecule has 0 spiro atoms. The van der Waals surface area contributed by atoms with Crippen LogP contribution in [0.25, 0.3) is 10.9 Å². The lowest BCUT2D eigenvalue weighted by Gasteiger charge is -2.22. The van der Waals surface area contributed by atoms with Crippen LogP contribution in [-0.4, -0.2) is 41.5 Å².